The number of carboxylic acid groups (broad SMARTS) is 1. The Morgan fingerprint density at radius 2 is 1.78 bits per heavy atom. The molecule has 0 saturated carbocycles. The Kier molecular flexibility index (Phi) is 5.53. The van der Waals surface area contributed by atoms with E-state index in [1.165, 1.54) is 37.3 Å². The first-order valence-corrected chi connectivity index (χ1v) is 7.51. The van der Waals surface area contributed by atoms with Crippen molar-refractivity contribution in [3.05, 3.63) is 53.1 Å². The van der Waals surface area contributed by atoms with Gasteiger partial charge in [0.05, 0.1) is 22.9 Å². The van der Waals surface area contributed by atoms with Gasteiger partial charge in [-0.25, -0.2) is 4.79 Å². The molecule has 0 aliphatic rings. The highest BCUT2D eigenvalue weighted by Crippen LogP contribution is 2.23. The topological polar surface area (TPSA) is 163 Å². The van der Waals surface area contributed by atoms with E-state index in [1.807, 2.05) is 0 Å². The molecule has 0 unspecified atom stereocenters. The van der Waals surface area contributed by atoms with Crippen LogP contribution in [0.3, 0.4) is 0 Å². The number of rotatable bonds is 5. The molecule has 9 heteroatoms. The van der Waals surface area contributed by atoms with Gasteiger partial charge in [-0.3, -0.25) is 15.0 Å². The number of anilines is 2. The summed E-state index contributed by atoms with van der Waals surface area (Å²) in [7, 11) is 0. The summed E-state index contributed by atoms with van der Waals surface area (Å²) < 4.78 is 0. The predicted octanol–water partition coefficient (Wildman–Crippen LogP) is 1.93. The highest BCUT2D eigenvalue weighted by atomic mass is 16.4. The van der Waals surface area contributed by atoms with Gasteiger partial charge < -0.3 is 20.8 Å². The number of aromatic carboxylic acids is 1. The van der Waals surface area contributed by atoms with E-state index in [-0.39, 0.29) is 39.7 Å². The van der Waals surface area contributed by atoms with Crippen LogP contribution in [-0.2, 0) is 9.59 Å². The highest BCUT2D eigenvalue weighted by Gasteiger charge is 2.20. The smallest absolute Gasteiger partial charge is 0.337 e. The maximum atomic E-state index is 12.3. The van der Waals surface area contributed by atoms with E-state index in [2.05, 4.69) is 10.6 Å². The van der Waals surface area contributed by atoms with Gasteiger partial charge in [0, 0.05) is 18.2 Å². The van der Waals surface area contributed by atoms with E-state index in [4.69, 9.17) is 10.7 Å². The number of carbonyl (C=O) groups excluding carboxylic acids is 2. The maximum Gasteiger partial charge on any atom is 0.337 e. The molecule has 2 rings (SSSR count). The highest BCUT2D eigenvalue weighted by molar-refractivity contribution is 6.48. The van der Waals surface area contributed by atoms with Crippen LogP contribution in [-0.4, -0.2) is 33.7 Å². The van der Waals surface area contributed by atoms with E-state index >= 15 is 0 Å². The third kappa shape index (κ3) is 4.46. The van der Waals surface area contributed by atoms with Gasteiger partial charge in [-0.05, 0) is 36.4 Å². The molecule has 2 aromatic rings. The van der Waals surface area contributed by atoms with Crippen LogP contribution in [0.4, 0.5) is 11.4 Å². The van der Waals surface area contributed by atoms with Crippen LogP contribution in [0.1, 0.15) is 28.4 Å². The minimum Gasteiger partial charge on any atom is -0.507 e. The molecule has 9 nitrogen and oxygen atoms in total. The van der Waals surface area contributed by atoms with Crippen molar-refractivity contribution in [2.24, 2.45) is 0 Å². The number of amides is 2. The van der Waals surface area contributed by atoms with Crippen molar-refractivity contribution >= 4 is 34.9 Å². The van der Waals surface area contributed by atoms with Crippen LogP contribution in [0.5, 0.6) is 5.75 Å². The molecule has 0 radical (unpaired) electrons. The Bertz CT molecular complexity index is 1010. The van der Waals surface area contributed by atoms with Crippen molar-refractivity contribution in [2.75, 3.05) is 10.6 Å². The van der Waals surface area contributed by atoms with Crippen LogP contribution in [0.25, 0.3) is 0 Å². The van der Waals surface area contributed by atoms with Crippen LogP contribution in [0.2, 0.25) is 0 Å². The van der Waals surface area contributed by atoms with E-state index in [1.54, 1.807) is 6.07 Å². The molecule has 0 atom stereocenters. The van der Waals surface area contributed by atoms with Gasteiger partial charge in [-0.2, -0.15) is 5.26 Å². The quantitative estimate of drug-likeness (QED) is 0.401. The molecular formula is C18H14N4O5. The van der Waals surface area contributed by atoms with Gasteiger partial charge >= 0.3 is 5.97 Å². The van der Waals surface area contributed by atoms with Gasteiger partial charge in [-0.1, -0.05) is 0 Å². The van der Waals surface area contributed by atoms with Crippen molar-refractivity contribution in [2.45, 2.75) is 6.92 Å². The lowest BCUT2D eigenvalue weighted by Gasteiger charge is -2.12. The van der Waals surface area contributed by atoms with E-state index in [0.29, 0.717) is 0 Å². The van der Waals surface area contributed by atoms with E-state index in [0.717, 1.165) is 6.07 Å². The number of aromatic hydroxyl groups is 1. The minimum absolute atomic E-state index is 0.0983. The first-order valence-electron chi connectivity index (χ1n) is 7.51. The summed E-state index contributed by atoms with van der Waals surface area (Å²) >= 11 is 0. The zero-order valence-corrected chi connectivity index (χ0v) is 14.0. The second-order valence-electron chi connectivity index (χ2n) is 5.42. The SMILES string of the molecule is CC(=O)Nc1ccc(O)c(C(=N)C(=O)Nc2ccc(C#N)cc2C(=O)O)c1. The van der Waals surface area contributed by atoms with Crippen molar-refractivity contribution in [1.29, 1.82) is 10.7 Å². The summed E-state index contributed by atoms with van der Waals surface area (Å²) in [6.07, 6.45) is 0. The number of benzene rings is 2. The summed E-state index contributed by atoms with van der Waals surface area (Å²) in [6, 6.07) is 9.30. The Morgan fingerprint density at radius 1 is 1.07 bits per heavy atom. The van der Waals surface area contributed by atoms with Gasteiger partial charge in [0.1, 0.15) is 11.5 Å². The Hall–Kier alpha value is -4.19. The second kappa shape index (κ2) is 7.79. The molecule has 27 heavy (non-hydrogen) atoms. The van der Waals surface area contributed by atoms with Gasteiger partial charge in [0.2, 0.25) is 5.91 Å². The number of phenolic OH excluding ortho intramolecular Hbond substituents is 1. The number of hydrogen-bond acceptors (Lipinski definition) is 6. The Balaban J connectivity index is 2.32. The molecule has 0 bridgehead atoms. The fourth-order valence-corrected chi connectivity index (χ4v) is 2.22. The van der Waals surface area contributed by atoms with Gasteiger partial charge in [0.15, 0.2) is 0 Å². The lowest BCUT2D eigenvalue weighted by molar-refractivity contribution is -0.114. The fraction of sp³-hybridized carbons (Fsp3) is 0.0556. The number of nitrogens with one attached hydrogen (secondary N) is 3. The van der Waals surface area contributed by atoms with Crippen molar-refractivity contribution in [1.82, 2.24) is 0 Å². The third-order valence-electron chi connectivity index (χ3n) is 3.44. The van der Waals surface area contributed by atoms with Crippen LogP contribution >= 0.6 is 0 Å². The van der Waals surface area contributed by atoms with Crippen molar-refractivity contribution in [3.8, 4) is 11.8 Å². The first-order chi connectivity index (χ1) is 12.7. The molecule has 2 aromatic carbocycles. The van der Waals surface area contributed by atoms with Crippen molar-refractivity contribution in [3.63, 3.8) is 0 Å². The number of carbonyl (C=O) groups is 3. The lowest BCUT2D eigenvalue weighted by atomic mass is 10.1. The molecule has 0 heterocycles. The van der Waals surface area contributed by atoms with Crippen LogP contribution in [0.15, 0.2) is 36.4 Å². The summed E-state index contributed by atoms with van der Waals surface area (Å²) in [5.74, 6) is -3.06. The molecule has 0 spiro atoms. The van der Waals surface area contributed by atoms with E-state index < -0.39 is 17.6 Å². The predicted molar refractivity (Wildman–Crippen MR) is 96.0 cm³/mol. The standard InChI is InChI=1S/C18H14N4O5/c1-9(23)21-11-3-5-15(24)13(7-11)16(20)17(25)22-14-4-2-10(8-19)6-12(14)18(26)27/h2-7,20,24H,1H3,(H,21,23)(H,22,25)(H,26,27). The minimum atomic E-state index is -1.36. The molecule has 0 saturated heterocycles. The summed E-state index contributed by atoms with van der Waals surface area (Å²) in [5.41, 5.74) is -0.830. The van der Waals surface area contributed by atoms with E-state index in [9.17, 15) is 24.6 Å². The average Bonchev–Trinajstić information content (AvgIpc) is 2.62. The number of nitrogens with zero attached hydrogens (tertiary/aromatic N) is 1. The largest absolute Gasteiger partial charge is 0.507 e. The van der Waals surface area contributed by atoms with Gasteiger partial charge in [0.25, 0.3) is 5.91 Å². The molecule has 5 N–H and O–H groups in total. The maximum absolute atomic E-state index is 12.3. The molecule has 2 amide bonds. The summed E-state index contributed by atoms with van der Waals surface area (Å²) in [5, 5.41) is 40.7. The molecule has 0 aromatic heterocycles. The Morgan fingerprint density at radius 3 is 2.37 bits per heavy atom. The first kappa shape index (κ1) is 19.1. The normalized spacial score (nSPS) is 9.78. The molecular weight excluding hydrogens is 352 g/mol. The van der Waals surface area contributed by atoms with Crippen LogP contribution in [0, 0.1) is 16.7 Å². The lowest BCUT2D eigenvalue weighted by Crippen LogP contribution is -2.24. The zero-order valence-electron chi connectivity index (χ0n) is 14.0. The number of carboxylic acids is 1. The third-order valence-corrected chi connectivity index (χ3v) is 3.44. The van der Waals surface area contributed by atoms with Crippen LogP contribution < -0.4 is 10.6 Å². The monoisotopic (exact) mass is 366 g/mol. The average molecular weight is 366 g/mol. The number of nitriles is 1. The number of phenols is 1. The fourth-order valence-electron chi connectivity index (χ4n) is 2.22. The molecule has 0 aliphatic carbocycles. The molecule has 0 aliphatic heterocycles. The van der Waals surface area contributed by atoms with Crippen molar-refractivity contribution < 1.29 is 24.6 Å². The summed E-state index contributed by atoms with van der Waals surface area (Å²) in [4.78, 5) is 34.8. The van der Waals surface area contributed by atoms with Gasteiger partial charge in [-0.15, -0.1) is 0 Å². The Labute approximate surface area is 153 Å². The second-order valence-corrected chi connectivity index (χ2v) is 5.42. The molecule has 136 valence electrons. The molecule has 0 fully saturated rings. The summed E-state index contributed by atoms with van der Waals surface area (Å²) in [6.45, 7) is 1.28. The number of hydrogen-bond donors (Lipinski definition) is 5. The zero-order chi connectivity index (χ0) is 20.1.